The number of nitrogens with zero attached hydrogens (tertiary/aromatic N) is 1. The molecule has 0 radical (unpaired) electrons. The number of halogens is 1. The molecule has 0 bridgehead atoms. The van der Waals surface area contributed by atoms with Crippen molar-refractivity contribution in [3.8, 4) is 0 Å². The van der Waals surface area contributed by atoms with Gasteiger partial charge in [-0.05, 0) is 35.4 Å². The Morgan fingerprint density at radius 1 is 0.955 bits per heavy atom. The molecule has 0 heterocycles. The van der Waals surface area contributed by atoms with Crippen molar-refractivity contribution >= 4 is 28.1 Å². The second kappa shape index (κ2) is 5.15. The molecule has 0 atom stereocenters. The van der Waals surface area contributed by atoms with Gasteiger partial charge in [0.2, 0.25) is 0 Å². The molecule has 4 rings (SSSR count). The van der Waals surface area contributed by atoms with Crippen LogP contribution in [0.4, 0.5) is 0 Å². The topological polar surface area (TPSA) is 32.6 Å². The van der Waals surface area contributed by atoms with Crippen LogP contribution in [-0.2, 0) is 12.8 Å². The summed E-state index contributed by atoms with van der Waals surface area (Å²) in [5.74, 6) is 0. The highest BCUT2D eigenvalue weighted by molar-refractivity contribution is 6.36. The van der Waals surface area contributed by atoms with Crippen LogP contribution in [0.2, 0.25) is 5.02 Å². The van der Waals surface area contributed by atoms with Gasteiger partial charge in [0.1, 0.15) is 5.71 Å². The average molecular weight is 308 g/mol. The van der Waals surface area contributed by atoms with Crippen LogP contribution in [0.25, 0.3) is 10.8 Å². The third kappa shape index (κ3) is 1.92. The van der Waals surface area contributed by atoms with E-state index in [2.05, 4.69) is 11.2 Å². The second-order valence-corrected chi connectivity index (χ2v) is 5.94. The van der Waals surface area contributed by atoms with Crippen LogP contribution in [0.5, 0.6) is 0 Å². The second-order valence-electron chi connectivity index (χ2n) is 5.54. The zero-order chi connectivity index (χ0) is 15.1. The molecule has 0 saturated heterocycles. The van der Waals surface area contributed by atoms with Gasteiger partial charge in [0.15, 0.2) is 0 Å². The molecule has 0 unspecified atom stereocenters. The van der Waals surface area contributed by atoms with Gasteiger partial charge in [-0.3, -0.25) is 0 Å². The maximum Gasteiger partial charge on any atom is 0.117 e. The lowest BCUT2D eigenvalue weighted by Gasteiger charge is -2.11. The first kappa shape index (κ1) is 13.4. The summed E-state index contributed by atoms with van der Waals surface area (Å²) in [7, 11) is 0. The van der Waals surface area contributed by atoms with E-state index in [9.17, 15) is 5.21 Å². The van der Waals surface area contributed by atoms with E-state index in [1.165, 1.54) is 16.5 Å². The van der Waals surface area contributed by atoms with Gasteiger partial charge >= 0.3 is 0 Å². The third-order valence-electron chi connectivity index (χ3n) is 4.37. The van der Waals surface area contributed by atoms with E-state index in [4.69, 9.17) is 11.6 Å². The lowest BCUT2D eigenvalue weighted by Crippen LogP contribution is -2.06. The largest absolute Gasteiger partial charge is 0.410 e. The molecular weight excluding hydrogens is 294 g/mol. The fourth-order valence-electron chi connectivity index (χ4n) is 3.37. The maximum atomic E-state index is 9.56. The molecule has 22 heavy (non-hydrogen) atoms. The standard InChI is InChI=1S/C19H14ClNO/c20-17-11-7-12-6-8-14-15(9-10-16(17)18(12)14)19(21-22)13-4-2-1-3-5-13/h1-5,7,9-11,22H,6,8H2/b21-19-. The highest BCUT2D eigenvalue weighted by Crippen LogP contribution is 2.37. The van der Waals surface area contributed by atoms with Crippen molar-refractivity contribution < 1.29 is 5.21 Å². The van der Waals surface area contributed by atoms with Gasteiger partial charge < -0.3 is 5.21 Å². The van der Waals surface area contributed by atoms with Crippen molar-refractivity contribution in [2.75, 3.05) is 0 Å². The minimum absolute atomic E-state index is 0.616. The van der Waals surface area contributed by atoms with E-state index in [-0.39, 0.29) is 0 Å². The summed E-state index contributed by atoms with van der Waals surface area (Å²) in [6.45, 7) is 0. The minimum atomic E-state index is 0.616. The number of oxime groups is 1. The van der Waals surface area contributed by atoms with Gasteiger partial charge in [0, 0.05) is 21.5 Å². The van der Waals surface area contributed by atoms with E-state index in [0.29, 0.717) is 5.71 Å². The molecular formula is C19H14ClNO. The van der Waals surface area contributed by atoms with Gasteiger partial charge in [-0.2, -0.15) is 0 Å². The fraction of sp³-hybridized carbons (Fsp3) is 0.105. The minimum Gasteiger partial charge on any atom is -0.410 e. The summed E-state index contributed by atoms with van der Waals surface area (Å²) in [5, 5.41) is 16.2. The van der Waals surface area contributed by atoms with Crippen molar-refractivity contribution in [3.05, 3.63) is 81.9 Å². The molecule has 0 saturated carbocycles. The molecule has 3 aromatic carbocycles. The molecule has 1 N–H and O–H groups in total. The number of hydrogen-bond acceptors (Lipinski definition) is 2. The first-order valence-corrected chi connectivity index (χ1v) is 7.68. The van der Waals surface area contributed by atoms with Gasteiger partial charge in [-0.1, -0.05) is 65.3 Å². The van der Waals surface area contributed by atoms with Crippen LogP contribution in [-0.4, -0.2) is 10.9 Å². The third-order valence-corrected chi connectivity index (χ3v) is 4.70. The molecule has 1 aliphatic rings. The molecule has 3 heteroatoms. The number of benzene rings is 3. The van der Waals surface area contributed by atoms with Crippen molar-refractivity contribution in [2.24, 2.45) is 5.16 Å². The molecule has 0 spiro atoms. The zero-order valence-corrected chi connectivity index (χ0v) is 12.6. The predicted octanol–water partition coefficient (Wildman–Crippen LogP) is 4.82. The molecule has 108 valence electrons. The van der Waals surface area contributed by atoms with Gasteiger partial charge in [0.05, 0.1) is 0 Å². The highest BCUT2D eigenvalue weighted by atomic mass is 35.5. The van der Waals surface area contributed by atoms with E-state index in [0.717, 1.165) is 34.4 Å². The van der Waals surface area contributed by atoms with Crippen molar-refractivity contribution in [1.29, 1.82) is 0 Å². The van der Waals surface area contributed by atoms with Crippen LogP contribution < -0.4 is 0 Å². The van der Waals surface area contributed by atoms with Crippen LogP contribution in [0, 0.1) is 0 Å². The van der Waals surface area contributed by atoms with Crippen molar-refractivity contribution in [3.63, 3.8) is 0 Å². The van der Waals surface area contributed by atoms with Crippen LogP contribution >= 0.6 is 11.6 Å². The molecule has 0 amide bonds. The molecule has 0 aliphatic heterocycles. The Kier molecular flexibility index (Phi) is 3.12. The predicted molar refractivity (Wildman–Crippen MR) is 90.2 cm³/mol. The summed E-state index contributed by atoms with van der Waals surface area (Å²) in [5.41, 5.74) is 5.07. The van der Waals surface area contributed by atoms with Crippen molar-refractivity contribution in [2.45, 2.75) is 12.8 Å². The summed E-state index contributed by atoms with van der Waals surface area (Å²) >= 11 is 6.33. The van der Waals surface area contributed by atoms with E-state index >= 15 is 0 Å². The molecule has 0 aromatic heterocycles. The van der Waals surface area contributed by atoms with Gasteiger partial charge in [0.25, 0.3) is 0 Å². The lowest BCUT2D eigenvalue weighted by atomic mass is 9.94. The Hall–Kier alpha value is -2.32. The number of aryl methyl sites for hydroxylation is 2. The van der Waals surface area contributed by atoms with E-state index in [1.54, 1.807) is 0 Å². The lowest BCUT2D eigenvalue weighted by molar-refractivity contribution is 0.319. The van der Waals surface area contributed by atoms with Gasteiger partial charge in [-0.15, -0.1) is 0 Å². The van der Waals surface area contributed by atoms with Crippen LogP contribution in [0.1, 0.15) is 22.3 Å². The normalized spacial score (nSPS) is 13.8. The van der Waals surface area contributed by atoms with E-state index < -0.39 is 0 Å². The Bertz CT molecular complexity index is 900. The Labute approximate surface area is 133 Å². The van der Waals surface area contributed by atoms with Gasteiger partial charge in [-0.25, -0.2) is 0 Å². The number of hydrogen-bond donors (Lipinski definition) is 1. The SMILES string of the molecule is O/N=C(/c1ccccc1)c1ccc2c(Cl)ccc3c2c1CC3. The zero-order valence-electron chi connectivity index (χ0n) is 11.9. The first-order valence-electron chi connectivity index (χ1n) is 7.30. The summed E-state index contributed by atoms with van der Waals surface area (Å²) < 4.78 is 0. The Morgan fingerprint density at radius 2 is 1.77 bits per heavy atom. The van der Waals surface area contributed by atoms with Crippen LogP contribution in [0.3, 0.4) is 0 Å². The van der Waals surface area contributed by atoms with Crippen molar-refractivity contribution in [1.82, 2.24) is 0 Å². The van der Waals surface area contributed by atoms with E-state index in [1.807, 2.05) is 48.5 Å². The Morgan fingerprint density at radius 3 is 2.55 bits per heavy atom. The number of rotatable bonds is 2. The molecule has 1 aliphatic carbocycles. The smallest absolute Gasteiger partial charge is 0.117 e. The quantitative estimate of drug-likeness (QED) is 0.411. The first-order chi connectivity index (χ1) is 10.8. The monoisotopic (exact) mass is 307 g/mol. The molecule has 3 aromatic rings. The Balaban J connectivity index is 1.99. The fourth-order valence-corrected chi connectivity index (χ4v) is 3.59. The molecule has 2 nitrogen and oxygen atoms in total. The summed E-state index contributed by atoms with van der Waals surface area (Å²) in [6, 6.07) is 17.9. The summed E-state index contributed by atoms with van der Waals surface area (Å²) in [6.07, 6.45) is 1.96. The molecule has 0 fully saturated rings. The highest BCUT2D eigenvalue weighted by Gasteiger charge is 2.22. The average Bonchev–Trinajstić information content (AvgIpc) is 2.99. The van der Waals surface area contributed by atoms with Crippen LogP contribution in [0.15, 0.2) is 59.8 Å². The maximum absolute atomic E-state index is 9.56. The summed E-state index contributed by atoms with van der Waals surface area (Å²) in [4.78, 5) is 0.